The van der Waals surface area contributed by atoms with Crippen LogP contribution in [0, 0.1) is 0 Å². The van der Waals surface area contributed by atoms with Gasteiger partial charge < -0.3 is 14.2 Å². The van der Waals surface area contributed by atoms with Crippen molar-refractivity contribution in [3.63, 3.8) is 0 Å². The van der Waals surface area contributed by atoms with Crippen molar-refractivity contribution in [3.8, 4) is 17.2 Å². The van der Waals surface area contributed by atoms with E-state index in [1.807, 2.05) is 36.4 Å². The molecule has 3 aliphatic heterocycles. The van der Waals surface area contributed by atoms with Crippen molar-refractivity contribution in [1.82, 2.24) is 4.58 Å². The molecule has 7 rings (SSSR count). The molecule has 3 aliphatic rings. The maximum absolute atomic E-state index is 12.9. The number of methoxy groups -OCH3 is 2. The molecule has 0 fully saturated rings. The van der Waals surface area contributed by atoms with E-state index in [-0.39, 0.29) is 5.97 Å². The summed E-state index contributed by atoms with van der Waals surface area (Å²) in [6.07, 6.45) is 4.28. The summed E-state index contributed by atoms with van der Waals surface area (Å²) in [4.78, 5) is 12.9. The highest BCUT2D eigenvalue weighted by Gasteiger charge is 2.33. The van der Waals surface area contributed by atoms with E-state index in [0.717, 1.165) is 88.7 Å². The normalized spacial score (nSPS) is 15.4. The lowest BCUT2D eigenvalue weighted by atomic mass is 9.85. The summed E-state index contributed by atoms with van der Waals surface area (Å²) >= 11 is 0. The van der Waals surface area contributed by atoms with Crippen molar-refractivity contribution in [2.75, 3.05) is 27.3 Å². The largest absolute Gasteiger partial charge is 0.496 e. The van der Waals surface area contributed by atoms with Gasteiger partial charge in [-0.2, -0.15) is 0 Å². The van der Waals surface area contributed by atoms with E-state index in [0.29, 0.717) is 5.56 Å². The molecule has 0 bridgehead atoms. The van der Waals surface area contributed by atoms with E-state index < -0.39 is 0 Å². The van der Waals surface area contributed by atoms with Crippen LogP contribution in [0.1, 0.15) is 45.5 Å². The number of nitrogens with zero attached hydrogens (tertiary/aromatic N) is 1. The molecule has 3 heterocycles. The number of benzene rings is 4. The monoisotopic (exact) mass is 490 g/mol. The molecule has 0 N–H and O–H groups in total. The Morgan fingerprint density at radius 3 is 2.57 bits per heavy atom. The Balaban J connectivity index is 1.68. The quantitative estimate of drug-likeness (QED) is 0.278. The summed E-state index contributed by atoms with van der Waals surface area (Å²) in [6.45, 7) is 2.18. The predicted molar refractivity (Wildman–Crippen MR) is 143 cm³/mol. The number of fused-ring (bicyclic) bond motifs is 5. The van der Waals surface area contributed by atoms with Gasteiger partial charge >= 0.3 is 5.97 Å². The van der Waals surface area contributed by atoms with Crippen LogP contribution in [0.3, 0.4) is 0 Å². The van der Waals surface area contributed by atoms with Gasteiger partial charge in [-0.25, -0.2) is 9.37 Å². The molecule has 184 valence electrons. The first kappa shape index (κ1) is 22.1. The molecule has 0 aromatic heterocycles. The summed E-state index contributed by atoms with van der Waals surface area (Å²) in [6, 6.07) is 20.3. The number of hydrogen-bond acceptors (Lipinski definition) is 4. The van der Waals surface area contributed by atoms with Crippen molar-refractivity contribution >= 4 is 22.3 Å². The Kier molecular flexibility index (Phi) is 5.07. The Morgan fingerprint density at radius 1 is 0.892 bits per heavy atom. The Bertz CT molecular complexity index is 1750. The molecule has 0 amide bonds. The van der Waals surface area contributed by atoms with Crippen LogP contribution in [0.5, 0.6) is 17.2 Å². The van der Waals surface area contributed by atoms with E-state index >= 15 is 0 Å². The van der Waals surface area contributed by atoms with Crippen LogP contribution >= 0.6 is 0 Å². The molecule has 0 radical (unpaired) electrons. The first-order chi connectivity index (χ1) is 18.2. The molecule has 0 saturated carbocycles. The van der Waals surface area contributed by atoms with Crippen molar-refractivity contribution in [2.24, 2.45) is 0 Å². The molecule has 4 aromatic carbocycles. The first-order valence-electron chi connectivity index (χ1n) is 13.0. The lowest BCUT2D eigenvalue weighted by Crippen LogP contribution is -2.45. The molecule has 4 aromatic rings. The third-order valence-corrected chi connectivity index (χ3v) is 8.00. The lowest BCUT2D eigenvalue weighted by molar-refractivity contribution is 0.0600. The van der Waals surface area contributed by atoms with E-state index in [1.165, 1.54) is 23.6 Å². The van der Waals surface area contributed by atoms with Gasteiger partial charge in [0.2, 0.25) is 5.36 Å². The van der Waals surface area contributed by atoms with Crippen molar-refractivity contribution < 1.29 is 19.0 Å². The van der Waals surface area contributed by atoms with Gasteiger partial charge in [0.1, 0.15) is 30.3 Å². The van der Waals surface area contributed by atoms with Gasteiger partial charge in [0.15, 0.2) is 0 Å². The third-order valence-electron chi connectivity index (χ3n) is 8.00. The molecule has 0 unspecified atom stereocenters. The summed E-state index contributed by atoms with van der Waals surface area (Å²) in [5, 5.41) is 4.40. The molecular weight excluding hydrogens is 462 g/mol. The van der Waals surface area contributed by atoms with Crippen LogP contribution in [-0.4, -0.2) is 33.3 Å². The van der Waals surface area contributed by atoms with Crippen LogP contribution < -0.4 is 24.6 Å². The van der Waals surface area contributed by atoms with Crippen molar-refractivity contribution in [1.29, 1.82) is 0 Å². The number of esters is 1. The molecule has 37 heavy (non-hydrogen) atoms. The smallest absolute Gasteiger partial charge is 0.338 e. The summed E-state index contributed by atoms with van der Waals surface area (Å²) < 4.78 is 20.5. The van der Waals surface area contributed by atoms with Gasteiger partial charge in [-0.15, -0.1) is 0 Å². The lowest BCUT2D eigenvalue weighted by Gasteiger charge is -2.28. The minimum absolute atomic E-state index is 0.346. The Hall–Kier alpha value is -4.12. The fraction of sp³-hybridized carbons (Fsp3) is 0.250. The van der Waals surface area contributed by atoms with Crippen LogP contribution in [0.2, 0.25) is 0 Å². The molecule has 0 spiro atoms. The first-order valence-corrected chi connectivity index (χ1v) is 13.0. The average Bonchev–Trinajstić information content (AvgIpc) is 2.95. The number of carbonyl (C=O) groups excluding carboxylic acids is 1. The molecule has 0 aliphatic carbocycles. The second kappa shape index (κ2) is 8.48. The van der Waals surface area contributed by atoms with Crippen LogP contribution in [0.15, 0.2) is 60.7 Å². The topological polar surface area (TPSA) is 47.8 Å². The predicted octanol–water partition coefficient (Wildman–Crippen LogP) is 4.37. The highest BCUT2D eigenvalue weighted by molar-refractivity contribution is 6.04. The Morgan fingerprint density at radius 2 is 1.73 bits per heavy atom. The number of ether oxygens (including phenoxy) is 3. The fourth-order valence-electron chi connectivity index (χ4n) is 6.45. The standard InChI is InChI=1S/C32H28NO4/c1-35-26-13-5-8-19-14-15-23-28(21-10-3-4-11-22(21)32(34)36-2)25-18-20-9-6-16-33-17-7-12-24(29(20)33)30(25)37-31(23)27(19)26/h3-5,8,10-11,13-15,18H,6-7,9,12,16-17H2,1-2H3/q+1. The number of rotatable bonds is 3. The summed E-state index contributed by atoms with van der Waals surface area (Å²) in [5.74, 6) is 2.11. The Labute approximate surface area is 215 Å². The highest BCUT2D eigenvalue weighted by atomic mass is 16.5. The minimum Gasteiger partial charge on any atom is -0.496 e. The SMILES string of the molecule is COC(=O)c1ccccc1C1=c2cc3c4c(c2Oc2c1ccc1cccc(OC)c21)CCC[N+]=4CCC3. The molecule has 0 atom stereocenters. The van der Waals surface area contributed by atoms with Crippen LogP contribution in [0.25, 0.3) is 16.3 Å². The van der Waals surface area contributed by atoms with Gasteiger partial charge in [0.05, 0.1) is 30.7 Å². The second-order valence-corrected chi connectivity index (χ2v) is 9.95. The summed E-state index contributed by atoms with van der Waals surface area (Å²) in [5.41, 5.74) is 6.02. The molecular formula is C32H28NO4+. The van der Waals surface area contributed by atoms with Gasteiger partial charge in [-0.3, -0.25) is 0 Å². The number of aryl methyl sites for hydroxylation is 1. The third kappa shape index (κ3) is 3.23. The van der Waals surface area contributed by atoms with Crippen molar-refractivity contribution in [2.45, 2.75) is 25.7 Å². The van der Waals surface area contributed by atoms with Crippen LogP contribution in [-0.2, 0) is 17.6 Å². The number of hydrogen-bond donors (Lipinski definition) is 0. The van der Waals surface area contributed by atoms with Gasteiger partial charge in [-0.1, -0.05) is 36.4 Å². The van der Waals surface area contributed by atoms with E-state index in [9.17, 15) is 4.79 Å². The molecule has 5 nitrogen and oxygen atoms in total. The van der Waals surface area contributed by atoms with Gasteiger partial charge in [-0.05, 0) is 48.1 Å². The minimum atomic E-state index is -0.346. The van der Waals surface area contributed by atoms with Gasteiger partial charge in [0, 0.05) is 34.8 Å². The molecule has 5 heteroatoms. The zero-order valence-corrected chi connectivity index (χ0v) is 21.1. The second-order valence-electron chi connectivity index (χ2n) is 9.95. The average molecular weight is 491 g/mol. The number of carbonyl (C=O) groups is 1. The van der Waals surface area contributed by atoms with E-state index in [4.69, 9.17) is 14.2 Å². The van der Waals surface area contributed by atoms with E-state index in [1.54, 1.807) is 7.11 Å². The summed E-state index contributed by atoms with van der Waals surface area (Å²) in [7, 11) is 3.13. The zero-order valence-electron chi connectivity index (χ0n) is 21.1. The maximum atomic E-state index is 12.9. The van der Waals surface area contributed by atoms with Gasteiger partial charge in [0.25, 0.3) is 0 Å². The fourth-order valence-corrected chi connectivity index (χ4v) is 6.45. The molecule has 0 saturated heterocycles. The highest BCUT2D eigenvalue weighted by Crippen LogP contribution is 2.45. The zero-order chi connectivity index (χ0) is 25.1. The van der Waals surface area contributed by atoms with Crippen LogP contribution in [0.4, 0.5) is 0 Å². The maximum Gasteiger partial charge on any atom is 0.338 e. The van der Waals surface area contributed by atoms with Crippen molar-refractivity contribution in [3.05, 3.63) is 99.1 Å². The van der Waals surface area contributed by atoms with E-state index in [2.05, 4.69) is 28.8 Å².